The predicted molar refractivity (Wildman–Crippen MR) is 190 cm³/mol. The normalized spacial score (nSPS) is 12.8. The van der Waals surface area contributed by atoms with Gasteiger partial charge in [-0.25, -0.2) is 4.98 Å². The van der Waals surface area contributed by atoms with Crippen molar-refractivity contribution in [3.05, 3.63) is 52.0 Å². The maximum absolute atomic E-state index is 13.1. The van der Waals surface area contributed by atoms with Crippen molar-refractivity contribution in [2.75, 3.05) is 27.7 Å². The van der Waals surface area contributed by atoms with Crippen molar-refractivity contribution in [1.82, 2.24) is 20.5 Å². The first-order valence-corrected chi connectivity index (χ1v) is 17.9. The molecule has 4 N–H and O–H groups in total. The zero-order chi connectivity index (χ0) is 35.2. The number of aromatic nitrogens is 1. The van der Waals surface area contributed by atoms with Crippen molar-refractivity contribution in [2.24, 2.45) is 17.6 Å². The van der Waals surface area contributed by atoms with Gasteiger partial charge in [0, 0.05) is 43.8 Å². The summed E-state index contributed by atoms with van der Waals surface area (Å²) in [4.78, 5) is 54.4. The number of aryl methyl sites for hydroxylation is 1. The van der Waals surface area contributed by atoms with Crippen LogP contribution in [0.5, 0.6) is 0 Å². The minimum atomic E-state index is -0.338. The standard InChI is InChI=1S/C29H43N3O4S.C7H16N2O/c1-7-8-14-27(33)32(5)25(20(2)3)15-16-26-31-24(19-37-26)28(34)30-23(17-21(4)29(35)36-6)18-22-12-10-9-11-13-22;1-9-6-4-2-3-5-7(8)10/h9-13,19-21,23,25H,7-8,14-18H2,1-6H3,(H,30,34);9H,2-6H2,1H3,(H2,8,10). The van der Waals surface area contributed by atoms with Gasteiger partial charge in [0.25, 0.3) is 5.91 Å². The number of nitrogens with zero attached hydrogens (tertiary/aromatic N) is 2. The van der Waals surface area contributed by atoms with Gasteiger partial charge in [-0.05, 0) is 63.6 Å². The molecule has 1 aromatic carbocycles. The molecule has 0 radical (unpaired) electrons. The molecule has 47 heavy (non-hydrogen) atoms. The zero-order valence-corrected chi connectivity index (χ0v) is 30.5. The van der Waals surface area contributed by atoms with Crippen LogP contribution in [0.3, 0.4) is 0 Å². The minimum Gasteiger partial charge on any atom is -0.469 e. The zero-order valence-electron chi connectivity index (χ0n) is 29.7. The summed E-state index contributed by atoms with van der Waals surface area (Å²) >= 11 is 1.47. The van der Waals surface area contributed by atoms with Crippen LogP contribution in [0.25, 0.3) is 0 Å². The van der Waals surface area contributed by atoms with Crippen LogP contribution in [0.2, 0.25) is 0 Å². The smallest absolute Gasteiger partial charge is 0.308 e. The Morgan fingerprint density at radius 2 is 1.72 bits per heavy atom. The molecule has 2 aromatic rings. The Morgan fingerprint density at radius 3 is 2.32 bits per heavy atom. The highest BCUT2D eigenvalue weighted by Crippen LogP contribution is 2.21. The highest BCUT2D eigenvalue weighted by Gasteiger charge is 2.25. The van der Waals surface area contributed by atoms with Gasteiger partial charge in [-0.15, -0.1) is 11.3 Å². The first-order valence-electron chi connectivity index (χ1n) is 17.0. The Labute approximate surface area is 286 Å². The first-order chi connectivity index (χ1) is 22.4. The number of hydrogen-bond donors (Lipinski definition) is 3. The third-order valence-electron chi connectivity index (χ3n) is 8.09. The number of methoxy groups -OCH3 is 1. The van der Waals surface area contributed by atoms with Crippen molar-refractivity contribution < 1.29 is 23.9 Å². The highest BCUT2D eigenvalue weighted by molar-refractivity contribution is 7.09. The Hall–Kier alpha value is -3.31. The molecule has 11 heteroatoms. The number of nitrogens with one attached hydrogen (secondary N) is 2. The van der Waals surface area contributed by atoms with Gasteiger partial charge in [0.15, 0.2) is 0 Å². The van der Waals surface area contributed by atoms with Gasteiger partial charge in [0.2, 0.25) is 11.8 Å². The lowest BCUT2D eigenvalue weighted by molar-refractivity contribution is -0.145. The molecule has 3 unspecified atom stereocenters. The van der Waals surface area contributed by atoms with Gasteiger partial charge >= 0.3 is 5.97 Å². The molecule has 10 nitrogen and oxygen atoms in total. The summed E-state index contributed by atoms with van der Waals surface area (Å²) in [5.74, 6) is -0.549. The summed E-state index contributed by atoms with van der Waals surface area (Å²) in [6, 6.07) is 9.79. The van der Waals surface area contributed by atoms with Crippen LogP contribution >= 0.6 is 11.3 Å². The van der Waals surface area contributed by atoms with Crippen LogP contribution in [0.4, 0.5) is 0 Å². The summed E-state index contributed by atoms with van der Waals surface area (Å²) in [6.45, 7) is 9.20. The van der Waals surface area contributed by atoms with Crippen LogP contribution in [0.1, 0.15) is 107 Å². The molecule has 3 atom stereocenters. The van der Waals surface area contributed by atoms with Crippen molar-refractivity contribution >= 4 is 35.0 Å². The number of thiazole rings is 1. The maximum Gasteiger partial charge on any atom is 0.308 e. The Morgan fingerprint density at radius 1 is 1.02 bits per heavy atom. The van der Waals surface area contributed by atoms with E-state index in [1.54, 1.807) is 5.38 Å². The molecule has 0 aliphatic heterocycles. The summed E-state index contributed by atoms with van der Waals surface area (Å²) < 4.78 is 4.88. The third-order valence-corrected chi connectivity index (χ3v) is 9.00. The number of amides is 3. The van der Waals surface area contributed by atoms with Crippen LogP contribution < -0.4 is 16.4 Å². The molecular formula is C36H59N5O5S. The summed E-state index contributed by atoms with van der Waals surface area (Å²) in [5.41, 5.74) is 6.42. The second-order valence-corrected chi connectivity index (χ2v) is 13.4. The molecule has 0 saturated carbocycles. The van der Waals surface area contributed by atoms with E-state index in [0.717, 1.165) is 55.6 Å². The number of carbonyl (C=O) groups excluding carboxylic acids is 4. The quantitative estimate of drug-likeness (QED) is 0.117. The van der Waals surface area contributed by atoms with E-state index < -0.39 is 0 Å². The molecule has 0 bridgehead atoms. The number of carbonyl (C=O) groups is 4. The number of hydrogen-bond acceptors (Lipinski definition) is 8. The number of rotatable bonds is 21. The van der Waals surface area contributed by atoms with E-state index in [0.29, 0.717) is 43.7 Å². The lowest BCUT2D eigenvalue weighted by atomic mass is 9.96. The predicted octanol–water partition coefficient (Wildman–Crippen LogP) is 5.54. The van der Waals surface area contributed by atoms with Crippen molar-refractivity contribution in [3.63, 3.8) is 0 Å². The van der Waals surface area contributed by atoms with Crippen molar-refractivity contribution in [2.45, 2.75) is 110 Å². The van der Waals surface area contributed by atoms with Crippen molar-refractivity contribution in [3.8, 4) is 0 Å². The van der Waals surface area contributed by atoms with Gasteiger partial charge in [0.05, 0.1) is 18.0 Å². The first kappa shape index (κ1) is 41.7. The van der Waals surface area contributed by atoms with Crippen LogP contribution in [0.15, 0.2) is 35.7 Å². The topological polar surface area (TPSA) is 144 Å². The molecule has 1 aromatic heterocycles. The van der Waals surface area contributed by atoms with Gasteiger partial charge in [-0.1, -0.05) is 70.9 Å². The monoisotopic (exact) mass is 673 g/mol. The van der Waals surface area contributed by atoms with Gasteiger partial charge < -0.3 is 26.0 Å². The fourth-order valence-electron chi connectivity index (χ4n) is 5.32. The molecule has 0 aliphatic rings. The van der Waals surface area contributed by atoms with E-state index in [1.807, 2.05) is 56.3 Å². The lowest BCUT2D eigenvalue weighted by Crippen LogP contribution is -2.40. The Kier molecular flexibility index (Phi) is 21.2. The van der Waals surface area contributed by atoms with E-state index in [4.69, 9.17) is 10.5 Å². The molecule has 0 saturated heterocycles. The molecule has 264 valence electrons. The van der Waals surface area contributed by atoms with E-state index in [9.17, 15) is 19.2 Å². The molecule has 0 spiro atoms. The van der Waals surface area contributed by atoms with E-state index >= 15 is 0 Å². The molecule has 2 rings (SSSR count). The number of primary amides is 1. The number of benzene rings is 1. The molecule has 0 fully saturated rings. The lowest BCUT2D eigenvalue weighted by Gasteiger charge is -2.31. The average molecular weight is 674 g/mol. The number of ether oxygens (including phenoxy) is 1. The van der Waals surface area contributed by atoms with Gasteiger partial charge in [-0.2, -0.15) is 0 Å². The molecular weight excluding hydrogens is 614 g/mol. The number of unbranched alkanes of at least 4 members (excludes halogenated alkanes) is 3. The largest absolute Gasteiger partial charge is 0.469 e. The number of nitrogens with two attached hydrogens (primary N) is 1. The maximum atomic E-state index is 13.1. The Bertz CT molecular complexity index is 1190. The highest BCUT2D eigenvalue weighted by atomic mass is 32.1. The molecule has 0 aliphatic carbocycles. The average Bonchev–Trinajstić information content (AvgIpc) is 3.52. The third kappa shape index (κ3) is 17.4. The van der Waals surface area contributed by atoms with E-state index in [-0.39, 0.29) is 41.7 Å². The molecule has 1 heterocycles. The number of esters is 1. The van der Waals surface area contributed by atoms with Crippen LogP contribution in [-0.4, -0.2) is 73.4 Å². The van der Waals surface area contributed by atoms with Crippen molar-refractivity contribution in [1.29, 1.82) is 0 Å². The molecule has 3 amide bonds. The Balaban J connectivity index is 0.000000950. The van der Waals surface area contributed by atoms with Gasteiger partial charge in [0.1, 0.15) is 5.69 Å². The van der Waals surface area contributed by atoms with Crippen LogP contribution in [-0.2, 0) is 32.0 Å². The summed E-state index contributed by atoms with van der Waals surface area (Å²) in [7, 11) is 5.20. The fourth-order valence-corrected chi connectivity index (χ4v) is 6.11. The van der Waals surface area contributed by atoms with E-state index in [2.05, 4.69) is 36.4 Å². The minimum absolute atomic E-state index is 0.126. The van der Waals surface area contributed by atoms with Gasteiger partial charge in [-0.3, -0.25) is 19.2 Å². The van der Waals surface area contributed by atoms with Crippen LogP contribution in [0, 0.1) is 11.8 Å². The SMILES string of the molecule is CCCCC(=O)N(C)C(CCc1nc(C(=O)NC(Cc2ccccc2)CC(C)C(=O)OC)cs1)C(C)C.CNCCCCCC(N)=O. The second-order valence-electron chi connectivity index (χ2n) is 12.5. The fraction of sp³-hybridized carbons (Fsp3) is 0.639. The second kappa shape index (κ2) is 23.9. The van der Waals surface area contributed by atoms with E-state index in [1.165, 1.54) is 18.4 Å². The summed E-state index contributed by atoms with van der Waals surface area (Å²) in [6.07, 6.45) is 8.75. The summed E-state index contributed by atoms with van der Waals surface area (Å²) in [5, 5.41) is 8.79.